The van der Waals surface area contributed by atoms with Crippen molar-refractivity contribution < 1.29 is 22.7 Å². The largest absolute Gasteiger partial charge is 0.383 e. The number of methoxy groups -OCH3 is 1. The maximum Gasteiger partial charge on any atom is 0.249 e. The minimum atomic E-state index is -3.57. The van der Waals surface area contributed by atoms with Crippen molar-refractivity contribution in [1.82, 2.24) is 9.21 Å². The molecule has 2 unspecified atom stereocenters. The quantitative estimate of drug-likeness (QED) is 0.750. The van der Waals surface area contributed by atoms with Gasteiger partial charge in [0, 0.05) is 26.7 Å². The van der Waals surface area contributed by atoms with Crippen LogP contribution in [0.4, 0.5) is 0 Å². The van der Waals surface area contributed by atoms with Crippen LogP contribution in [-0.4, -0.2) is 75.6 Å². The molecule has 8 heteroatoms. The highest BCUT2D eigenvalue weighted by molar-refractivity contribution is 7.89. The molecule has 2 aliphatic rings. The number of benzene rings is 1. The number of hydrogen-bond donors (Lipinski definition) is 0. The molecule has 2 heterocycles. The van der Waals surface area contributed by atoms with Crippen LogP contribution in [0.25, 0.3) is 0 Å². The Morgan fingerprint density at radius 1 is 1.26 bits per heavy atom. The molecular formula is C15H20N2O5S. The van der Waals surface area contributed by atoms with E-state index in [0.717, 1.165) is 0 Å². The van der Waals surface area contributed by atoms with Crippen LogP contribution >= 0.6 is 0 Å². The second-order valence-corrected chi connectivity index (χ2v) is 7.57. The number of ether oxygens (including phenoxy) is 2. The van der Waals surface area contributed by atoms with Crippen molar-refractivity contribution in [1.29, 1.82) is 0 Å². The number of sulfonamides is 1. The fourth-order valence-corrected chi connectivity index (χ4v) is 4.54. The van der Waals surface area contributed by atoms with E-state index in [9.17, 15) is 13.2 Å². The zero-order valence-electron chi connectivity index (χ0n) is 12.9. The minimum Gasteiger partial charge on any atom is -0.383 e. The van der Waals surface area contributed by atoms with Gasteiger partial charge in [-0.2, -0.15) is 4.31 Å². The molecule has 1 aromatic carbocycles. The molecule has 126 valence electrons. The van der Waals surface area contributed by atoms with E-state index in [1.165, 1.54) is 4.31 Å². The lowest BCUT2D eigenvalue weighted by atomic mass is 10.1. The fourth-order valence-electron chi connectivity index (χ4n) is 3.05. The second kappa shape index (κ2) is 6.56. The standard InChI is InChI=1S/C15H20N2O5S/c1-21-8-7-17-13-9-16(10-14(13)22-11-15(17)18)23(19,20)12-5-3-2-4-6-12/h2-6,13-14H,7-11H2,1H3. The number of carbonyl (C=O) groups excluding carboxylic acids is 1. The zero-order chi connectivity index (χ0) is 16.4. The molecule has 0 aromatic heterocycles. The monoisotopic (exact) mass is 340 g/mol. The van der Waals surface area contributed by atoms with E-state index in [1.807, 2.05) is 0 Å². The first kappa shape index (κ1) is 16.4. The molecule has 0 saturated carbocycles. The van der Waals surface area contributed by atoms with Crippen molar-refractivity contribution in [3.8, 4) is 0 Å². The average Bonchev–Trinajstić information content (AvgIpc) is 3.00. The summed E-state index contributed by atoms with van der Waals surface area (Å²) in [5, 5.41) is 0. The molecule has 2 atom stereocenters. The third-order valence-corrected chi connectivity index (χ3v) is 6.11. The van der Waals surface area contributed by atoms with E-state index < -0.39 is 10.0 Å². The number of hydrogen-bond acceptors (Lipinski definition) is 5. The van der Waals surface area contributed by atoms with E-state index >= 15 is 0 Å². The van der Waals surface area contributed by atoms with Gasteiger partial charge in [0.25, 0.3) is 0 Å². The molecule has 23 heavy (non-hydrogen) atoms. The van der Waals surface area contributed by atoms with Crippen molar-refractivity contribution in [2.75, 3.05) is 40.0 Å². The van der Waals surface area contributed by atoms with E-state index in [4.69, 9.17) is 9.47 Å². The molecule has 0 radical (unpaired) electrons. The van der Waals surface area contributed by atoms with Crippen LogP contribution in [0.2, 0.25) is 0 Å². The summed E-state index contributed by atoms with van der Waals surface area (Å²) >= 11 is 0. The second-order valence-electron chi connectivity index (χ2n) is 5.63. The van der Waals surface area contributed by atoms with E-state index in [1.54, 1.807) is 42.3 Å². The van der Waals surface area contributed by atoms with Crippen molar-refractivity contribution in [2.24, 2.45) is 0 Å². The molecule has 0 aliphatic carbocycles. The summed E-state index contributed by atoms with van der Waals surface area (Å²) in [5.41, 5.74) is 0. The van der Waals surface area contributed by atoms with Gasteiger partial charge < -0.3 is 14.4 Å². The Labute approximate surface area is 135 Å². The lowest BCUT2D eigenvalue weighted by molar-refractivity contribution is -0.153. The van der Waals surface area contributed by atoms with Crippen LogP contribution < -0.4 is 0 Å². The maximum atomic E-state index is 12.7. The summed E-state index contributed by atoms with van der Waals surface area (Å²) in [6.07, 6.45) is -0.289. The summed E-state index contributed by atoms with van der Waals surface area (Å²) < 4.78 is 37.4. The van der Waals surface area contributed by atoms with Crippen molar-refractivity contribution in [3.05, 3.63) is 30.3 Å². The Balaban J connectivity index is 1.80. The van der Waals surface area contributed by atoms with Crippen LogP contribution in [0.5, 0.6) is 0 Å². The van der Waals surface area contributed by atoms with Gasteiger partial charge in [0.15, 0.2) is 0 Å². The fraction of sp³-hybridized carbons (Fsp3) is 0.533. The van der Waals surface area contributed by atoms with Crippen LogP contribution in [0, 0.1) is 0 Å². The van der Waals surface area contributed by atoms with Crippen molar-refractivity contribution in [3.63, 3.8) is 0 Å². The Morgan fingerprint density at radius 2 is 2.00 bits per heavy atom. The molecule has 2 saturated heterocycles. The number of rotatable bonds is 5. The van der Waals surface area contributed by atoms with E-state index in [0.29, 0.717) is 13.2 Å². The summed E-state index contributed by atoms with van der Waals surface area (Å²) in [5.74, 6) is -0.123. The first-order valence-electron chi connectivity index (χ1n) is 7.49. The van der Waals surface area contributed by atoms with Gasteiger partial charge in [-0.1, -0.05) is 18.2 Å². The molecule has 0 N–H and O–H groups in total. The Hall–Kier alpha value is -1.48. The lowest BCUT2D eigenvalue weighted by Gasteiger charge is -2.36. The molecule has 1 aromatic rings. The number of morpholine rings is 1. The topological polar surface area (TPSA) is 76.2 Å². The number of amides is 1. The van der Waals surface area contributed by atoms with Gasteiger partial charge in [0.1, 0.15) is 6.61 Å². The van der Waals surface area contributed by atoms with Gasteiger partial charge in [0.05, 0.1) is 23.6 Å². The van der Waals surface area contributed by atoms with Crippen molar-refractivity contribution in [2.45, 2.75) is 17.0 Å². The number of carbonyl (C=O) groups is 1. The first-order chi connectivity index (χ1) is 11.0. The van der Waals surface area contributed by atoms with Crippen LogP contribution in [0.15, 0.2) is 35.2 Å². The summed E-state index contributed by atoms with van der Waals surface area (Å²) in [7, 11) is -2.00. The molecule has 1 amide bonds. The lowest BCUT2D eigenvalue weighted by Crippen LogP contribution is -2.54. The van der Waals surface area contributed by atoms with Crippen LogP contribution in [0.3, 0.4) is 0 Å². The Bertz CT molecular complexity index is 664. The summed E-state index contributed by atoms with van der Waals surface area (Å²) in [4.78, 5) is 14.0. The van der Waals surface area contributed by atoms with Gasteiger partial charge in [-0.05, 0) is 12.1 Å². The van der Waals surface area contributed by atoms with E-state index in [-0.39, 0.29) is 42.6 Å². The summed E-state index contributed by atoms with van der Waals surface area (Å²) in [6.45, 7) is 1.36. The first-order valence-corrected chi connectivity index (χ1v) is 8.93. The zero-order valence-corrected chi connectivity index (χ0v) is 13.7. The summed E-state index contributed by atoms with van der Waals surface area (Å²) in [6, 6.07) is 8.06. The van der Waals surface area contributed by atoms with Gasteiger partial charge in [0.2, 0.25) is 15.9 Å². The maximum absolute atomic E-state index is 12.7. The third kappa shape index (κ3) is 3.12. The van der Waals surface area contributed by atoms with Gasteiger partial charge in [-0.15, -0.1) is 0 Å². The molecule has 2 aliphatic heterocycles. The molecule has 2 fully saturated rings. The smallest absolute Gasteiger partial charge is 0.249 e. The predicted molar refractivity (Wildman–Crippen MR) is 82.3 cm³/mol. The highest BCUT2D eigenvalue weighted by atomic mass is 32.2. The number of fused-ring (bicyclic) bond motifs is 1. The van der Waals surface area contributed by atoms with Crippen LogP contribution in [-0.2, 0) is 24.3 Å². The van der Waals surface area contributed by atoms with Crippen molar-refractivity contribution >= 4 is 15.9 Å². The normalized spacial score (nSPS) is 25.6. The SMILES string of the molecule is COCCN1C(=O)COC2CN(S(=O)(=O)c3ccccc3)CC21. The highest BCUT2D eigenvalue weighted by Gasteiger charge is 2.46. The molecule has 0 spiro atoms. The average molecular weight is 340 g/mol. The van der Waals surface area contributed by atoms with Gasteiger partial charge in [-0.25, -0.2) is 8.42 Å². The third-order valence-electron chi connectivity index (χ3n) is 4.26. The molecular weight excluding hydrogens is 320 g/mol. The highest BCUT2D eigenvalue weighted by Crippen LogP contribution is 2.28. The molecule has 3 rings (SSSR count). The van der Waals surface area contributed by atoms with Gasteiger partial charge in [-0.3, -0.25) is 4.79 Å². The van der Waals surface area contributed by atoms with Crippen LogP contribution in [0.1, 0.15) is 0 Å². The number of nitrogens with zero attached hydrogens (tertiary/aromatic N) is 2. The molecule has 0 bridgehead atoms. The van der Waals surface area contributed by atoms with E-state index in [2.05, 4.69) is 0 Å². The Kier molecular flexibility index (Phi) is 4.67. The van der Waals surface area contributed by atoms with Gasteiger partial charge >= 0.3 is 0 Å². The minimum absolute atomic E-state index is 0.00982. The predicted octanol–water partition coefficient (Wildman–Crippen LogP) is -0.0667. The molecule has 7 nitrogen and oxygen atoms in total. The Morgan fingerprint density at radius 3 is 2.70 bits per heavy atom.